The molecule has 2 aliphatic heterocycles. The van der Waals surface area contributed by atoms with Crippen molar-refractivity contribution in [2.45, 2.75) is 50.6 Å². The number of hydrogen-bond acceptors (Lipinski definition) is 3. The molecular weight excluding hydrogens is 226 g/mol. The first kappa shape index (κ1) is 12.4. The molecule has 1 N–H and O–H groups in total. The first-order chi connectivity index (χ1) is 8.83. The fourth-order valence-electron chi connectivity index (χ4n) is 3.10. The molecule has 3 rings (SSSR count). The number of nitrogens with zero attached hydrogens (tertiary/aromatic N) is 2. The van der Waals surface area contributed by atoms with Crippen LogP contribution in [-0.4, -0.2) is 60.5 Å². The van der Waals surface area contributed by atoms with Gasteiger partial charge in [0, 0.05) is 25.7 Å². The lowest BCUT2D eigenvalue weighted by Gasteiger charge is -2.28. The molecule has 4 nitrogen and oxygen atoms in total. The molecule has 0 aromatic heterocycles. The number of carbonyl (C=O) groups excluding carboxylic acids is 1. The number of carbonyl (C=O) groups is 1. The van der Waals surface area contributed by atoms with Gasteiger partial charge in [-0.15, -0.1) is 0 Å². The van der Waals surface area contributed by atoms with Crippen LogP contribution in [0.3, 0.4) is 0 Å². The Morgan fingerprint density at radius 1 is 1.00 bits per heavy atom. The van der Waals surface area contributed by atoms with Crippen molar-refractivity contribution < 1.29 is 4.79 Å². The number of amides is 1. The molecule has 1 atom stereocenters. The summed E-state index contributed by atoms with van der Waals surface area (Å²) in [7, 11) is 0. The number of rotatable bonds is 5. The van der Waals surface area contributed by atoms with Crippen LogP contribution in [0.25, 0.3) is 0 Å². The lowest BCUT2D eigenvalue weighted by molar-refractivity contribution is -0.129. The summed E-state index contributed by atoms with van der Waals surface area (Å²) < 4.78 is 0. The molecule has 2 saturated heterocycles. The summed E-state index contributed by atoms with van der Waals surface area (Å²) in [5.41, 5.74) is 0. The third kappa shape index (κ3) is 3.04. The third-order valence-corrected chi connectivity index (χ3v) is 4.45. The second kappa shape index (κ2) is 5.57. The van der Waals surface area contributed by atoms with Gasteiger partial charge >= 0.3 is 0 Å². The normalized spacial score (nSPS) is 30.1. The summed E-state index contributed by atoms with van der Waals surface area (Å²) in [6.45, 7) is 5.41. The van der Waals surface area contributed by atoms with E-state index in [-0.39, 0.29) is 6.04 Å². The van der Waals surface area contributed by atoms with Gasteiger partial charge in [0.2, 0.25) is 5.91 Å². The quantitative estimate of drug-likeness (QED) is 0.786. The van der Waals surface area contributed by atoms with Crippen molar-refractivity contribution >= 4 is 5.91 Å². The zero-order valence-corrected chi connectivity index (χ0v) is 11.2. The standard InChI is InChI=1S/C14H25N3O/c18-14-13(15-12-4-5-12)6-9-17(14)11-10-16-7-2-1-3-8-16/h12-13,15H,1-11H2. The van der Waals surface area contributed by atoms with E-state index in [9.17, 15) is 4.79 Å². The van der Waals surface area contributed by atoms with Crippen molar-refractivity contribution in [3.8, 4) is 0 Å². The van der Waals surface area contributed by atoms with Gasteiger partial charge in [0.25, 0.3) is 0 Å². The highest BCUT2D eigenvalue weighted by Crippen LogP contribution is 2.22. The zero-order valence-electron chi connectivity index (χ0n) is 11.2. The predicted molar refractivity (Wildman–Crippen MR) is 71.4 cm³/mol. The Labute approximate surface area is 110 Å². The maximum atomic E-state index is 12.2. The van der Waals surface area contributed by atoms with E-state index in [0.29, 0.717) is 11.9 Å². The van der Waals surface area contributed by atoms with E-state index in [1.165, 1.54) is 45.2 Å². The van der Waals surface area contributed by atoms with Crippen molar-refractivity contribution in [2.24, 2.45) is 0 Å². The van der Waals surface area contributed by atoms with E-state index in [0.717, 1.165) is 26.1 Å². The second-order valence-corrected chi connectivity index (χ2v) is 6.01. The Kier molecular flexibility index (Phi) is 3.85. The Morgan fingerprint density at radius 3 is 2.50 bits per heavy atom. The van der Waals surface area contributed by atoms with Crippen LogP contribution in [0.2, 0.25) is 0 Å². The monoisotopic (exact) mass is 251 g/mol. The Hall–Kier alpha value is -0.610. The number of nitrogens with one attached hydrogen (secondary N) is 1. The van der Waals surface area contributed by atoms with E-state index in [4.69, 9.17) is 0 Å². The summed E-state index contributed by atoms with van der Waals surface area (Å²) in [5.74, 6) is 0.346. The van der Waals surface area contributed by atoms with Crippen molar-refractivity contribution in [1.82, 2.24) is 15.1 Å². The van der Waals surface area contributed by atoms with Crippen molar-refractivity contribution in [1.29, 1.82) is 0 Å². The first-order valence-electron chi connectivity index (χ1n) is 7.60. The minimum absolute atomic E-state index is 0.124. The van der Waals surface area contributed by atoms with Gasteiger partial charge in [0.1, 0.15) is 0 Å². The number of piperidine rings is 1. The van der Waals surface area contributed by atoms with Gasteiger partial charge in [-0.25, -0.2) is 0 Å². The minimum Gasteiger partial charge on any atom is -0.340 e. The lowest BCUT2D eigenvalue weighted by Crippen LogP contribution is -2.42. The fourth-order valence-corrected chi connectivity index (χ4v) is 3.10. The highest BCUT2D eigenvalue weighted by atomic mass is 16.2. The molecule has 4 heteroatoms. The van der Waals surface area contributed by atoms with Gasteiger partial charge in [-0.2, -0.15) is 0 Å². The van der Waals surface area contributed by atoms with Crippen LogP contribution in [0.15, 0.2) is 0 Å². The number of likely N-dealkylation sites (tertiary alicyclic amines) is 2. The second-order valence-electron chi connectivity index (χ2n) is 6.01. The van der Waals surface area contributed by atoms with Gasteiger partial charge in [-0.3, -0.25) is 4.79 Å². The van der Waals surface area contributed by atoms with E-state index in [2.05, 4.69) is 15.1 Å². The topological polar surface area (TPSA) is 35.6 Å². The van der Waals surface area contributed by atoms with E-state index in [1.54, 1.807) is 0 Å². The Balaban J connectivity index is 1.41. The van der Waals surface area contributed by atoms with Crippen LogP contribution in [-0.2, 0) is 4.79 Å². The predicted octanol–water partition coefficient (Wildman–Crippen LogP) is 0.825. The summed E-state index contributed by atoms with van der Waals surface area (Å²) in [6, 6.07) is 0.764. The molecular formula is C14H25N3O. The van der Waals surface area contributed by atoms with Crippen LogP contribution < -0.4 is 5.32 Å². The van der Waals surface area contributed by atoms with Gasteiger partial charge < -0.3 is 15.1 Å². The molecule has 0 radical (unpaired) electrons. The average molecular weight is 251 g/mol. The molecule has 0 spiro atoms. The molecule has 3 aliphatic rings. The van der Waals surface area contributed by atoms with Gasteiger partial charge in [-0.05, 0) is 45.2 Å². The van der Waals surface area contributed by atoms with Crippen LogP contribution in [0.1, 0.15) is 38.5 Å². The SMILES string of the molecule is O=C1C(NC2CC2)CCN1CCN1CCCCC1. The first-order valence-corrected chi connectivity index (χ1v) is 7.60. The molecule has 1 unspecified atom stereocenters. The minimum atomic E-state index is 0.124. The van der Waals surface area contributed by atoms with Crippen LogP contribution in [0.4, 0.5) is 0 Å². The number of hydrogen-bond donors (Lipinski definition) is 1. The fraction of sp³-hybridized carbons (Fsp3) is 0.929. The molecule has 3 fully saturated rings. The Bertz CT molecular complexity index is 297. The largest absolute Gasteiger partial charge is 0.340 e. The highest BCUT2D eigenvalue weighted by molar-refractivity contribution is 5.84. The summed E-state index contributed by atoms with van der Waals surface area (Å²) >= 11 is 0. The van der Waals surface area contributed by atoms with Gasteiger partial charge in [-0.1, -0.05) is 6.42 Å². The summed E-state index contributed by atoms with van der Waals surface area (Å²) in [6.07, 6.45) is 7.58. The van der Waals surface area contributed by atoms with Crippen molar-refractivity contribution in [2.75, 3.05) is 32.7 Å². The average Bonchev–Trinajstić information content (AvgIpc) is 3.15. The molecule has 102 valence electrons. The van der Waals surface area contributed by atoms with Gasteiger partial charge in [0.05, 0.1) is 6.04 Å². The molecule has 1 aliphatic carbocycles. The highest BCUT2D eigenvalue weighted by Gasteiger charge is 2.35. The van der Waals surface area contributed by atoms with Crippen LogP contribution >= 0.6 is 0 Å². The molecule has 0 bridgehead atoms. The van der Waals surface area contributed by atoms with E-state index < -0.39 is 0 Å². The lowest BCUT2D eigenvalue weighted by atomic mass is 10.1. The van der Waals surface area contributed by atoms with Crippen molar-refractivity contribution in [3.05, 3.63) is 0 Å². The van der Waals surface area contributed by atoms with Crippen LogP contribution in [0.5, 0.6) is 0 Å². The Morgan fingerprint density at radius 2 is 1.78 bits per heavy atom. The summed E-state index contributed by atoms with van der Waals surface area (Å²) in [5, 5.41) is 3.47. The third-order valence-electron chi connectivity index (χ3n) is 4.45. The van der Waals surface area contributed by atoms with Crippen LogP contribution in [0, 0.1) is 0 Å². The molecule has 0 aromatic rings. The zero-order chi connectivity index (χ0) is 12.4. The molecule has 2 heterocycles. The smallest absolute Gasteiger partial charge is 0.239 e. The molecule has 0 aromatic carbocycles. The maximum absolute atomic E-state index is 12.2. The van der Waals surface area contributed by atoms with Gasteiger partial charge in [0.15, 0.2) is 0 Å². The van der Waals surface area contributed by atoms with E-state index >= 15 is 0 Å². The summed E-state index contributed by atoms with van der Waals surface area (Å²) in [4.78, 5) is 16.8. The van der Waals surface area contributed by atoms with Crippen molar-refractivity contribution in [3.63, 3.8) is 0 Å². The molecule has 1 amide bonds. The molecule has 1 saturated carbocycles. The maximum Gasteiger partial charge on any atom is 0.239 e. The molecule has 18 heavy (non-hydrogen) atoms. The van der Waals surface area contributed by atoms with E-state index in [1.807, 2.05) is 0 Å².